The zero-order chi connectivity index (χ0) is 33.1. The molecule has 250 valence electrons. The van der Waals surface area contributed by atoms with Crippen molar-refractivity contribution in [2.45, 2.75) is 94.9 Å². The summed E-state index contributed by atoms with van der Waals surface area (Å²) in [6.45, 7) is 1.49. The number of hydrogen-bond acceptors (Lipinski definition) is 9. The number of aryl methyl sites for hydroxylation is 1. The zero-order valence-electron chi connectivity index (χ0n) is 25.2. The summed E-state index contributed by atoms with van der Waals surface area (Å²) in [5, 5.41) is 21.3. The molecule has 2 aliphatic carbocycles. The number of nitrogens with zero attached hydrogens (tertiary/aromatic N) is 8. The van der Waals surface area contributed by atoms with E-state index in [-0.39, 0.29) is 56.2 Å². The van der Waals surface area contributed by atoms with Gasteiger partial charge in [-0.05, 0) is 68.2 Å². The van der Waals surface area contributed by atoms with Crippen LogP contribution in [0.3, 0.4) is 0 Å². The first kappa shape index (κ1) is 31.1. The van der Waals surface area contributed by atoms with E-state index in [2.05, 4.69) is 41.1 Å². The second kappa shape index (κ2) is 11.3. The molecule has 2 saturated carbocycles. The number of aromatic nitrogens is 8. The first-order valence-electron chi connectivity index (χ1n) is 15.4. The summed E-state index contributed by atoms with van der Waals surface area (Å²) in [6.07, 6.45) is 0.437. The van der Waals surface area contributed by atoms with E-state index in [1.807, 2.05) is 0 Å². The van der Waals surface area contributed by atoms with Gasteiger partial charge in [0.05, 0.1) is 36.1 Å². The number of carbonyl (C=O) groups is 2. The fourth-order valence-corrected chi connectivity index (χ4v) is 6.75. The standard InChI is InChI=1S/C29H31F5N10O3/c1-15-35-14-43(40-15)13-27(10-20(29(32,33)34)38-26(27)46)9-16-8-21-37-19(12-44(21)36-11-16)22(18-4-6-28(30,31)7-5-18)39-25(45)24-23(17-2-3-17)41-47-42-24/h8,11-12,14,17-18,20,22H,2-7,9-10,13H2,1H3,(H,38,46)(H,39,45)/t20-,22-,27-/m0/s1. The van der Waals surface area contributed by atoms with Gasteiger partial charge >= 0.3 is 6.18 Å². The lowest BCUT2D eigenvalue weighted by atomic mass is 9.79. The summed E-state index contributed by atoms with van der Waals surface area (Å²) < 4.78 is 77.0. The van der Waals surface area contributed by atoms with Gasteiger partial charge in [0.25, 0.3) is 5.91 Å². The third-order valence-electron chi connectivity index (χ3n) is 9.36. The molecule has 47 heavy (non-hydrogen) atoms. The van der Waals surface area contributed by atoms with E-state index >= 15 is 0 Å². The minimum Gasteiger partial charge on any atom is -0.344 e. The van der Waals surface area contributed by atoms with E-state index in [0.717, 1.165) is 12.8 Å². The van der Waals surface area contributed by atoms with Crippen LogP contribution >= 0.6 is 0 Å². The van der Waals surface area contributed by atoms with Crippen molar-refractivity contribution in [2.75, 3.05) is 0 Å². The molecule has 0 radical (unpaired) electrons. The van der Waals surface area contributed by atoms with Crippen molar-refractivity contribution in [3.05, 3.63) is 53.3 Å². The van der Waals surface area contributed by atoms with E-state index in [1.165, 1.54) is 21.7 Å². The maximum atomic E-state index is 14.1. The average Bonchev–Trinajstić information content (AvgIpc) is 3.31. The summed E-state index contributed by atoms with van der Waals surface area (Å²) >= 11 is 0. The zero-order valence-corrected chi connectivity index (χ0v) is 25.2. The SMILES string of the molecule is Cc1ncn(C[C@]2(Cc3cnn4cc([C@@H](NC(=O)c5nonc5C5CC5)C5CCC(F)(F)CC5)nc4c3)C[C@@H](C(F)(F)F)NC2=O)n1. The van der Waals surface area contributed by atoms with Gasteiger partial charge in [-0.1, -0.05) is 5.16 Å². The van der Waals surface area contributed by atoms with Crippen molar-refractivity contribution in [1.82, 2.24) is 50.3 Å². The molecule has 5 heterocycles. The second-order valence-electron chi connectivity index (χ2n) is 13.0. The average molecular weight is 663 g/mol. The molecule has 0 spiro atoms. The lowest BCUT2D eigenvalue weighted by Gasteiger charge is -2.33. The Morgan fingerprint density at radius 1 is 1.19 bits per heavy atom. The normalized spacial score (nSPS) is 24.0. The smallest absolute Gasteiger partial charge is 0.344 e. The number of halogens is 5. The number of fused-ring (bicyclic) bond motifs is 1. The van der Waals surface area contributed by atoms with Crippen LogP contribution in [-0.4, -0.2) is 69.6 Å². The van der Waals surface area contributed by atoms with Crippen molar-refractivity contribution in [2.24, 2.45) is 11.3 Å². The molecule has 4 aromatic rings. The molecule has 3 aliphatic rings. The Hall–Kier alpha value is -4.51. The Balaban J connectivity index is 1.18. The minimum absolute atomic E-state index is 0.0442. The predicted molar refractivity (Wildman–Crippen MR) is 150 cm³/mol. The van der Waals surface area contributed by atoms with Crippen LogP contribution in [0, 0.1) is 18.3 Å². The van der Waals surface area contributed by atoms with Crippen LogP contribution in [0.2, 0.25) is 0 Å². The third kappa shape index (κ3) is 6.28. The Labute approximate surface area is 263 Å². The molecule has 0 bridgehead atoms. The van der Waals surface area contributed by atoms with Crippen LogP contribution in [0.4, 0.5) is 22.0 Å². The van der Waals surface area contributed by atoms with E-state index in [0.29, 0.717) is 28.4 Å². The van der Waals surface area contributed by atoms with Crippen LogP contribution < -0.4 is 10.6 Å². The highest BCUT2D eigenvalue weighted by molar-refractivity contribution is 5.93. The number of rotatable bonds is 9. The van der Waals surface area contributed by atoms with Gasteiger partial charge in [0, 0.05) is 18.8 Å². The number of amides is 2. The molecule has 18 heteroatoms. The number of carbonyl (C=O) groups excluding carboxylic acids is 2. The Kier molecular flexibility index (Phi) is 7.50. The summed E-state index contributed by atoms with van der Waals surface area (Å²) in [4.78, 5) is 35.3. The molecule has 2 N–H and O–H groups in total. The third-order valence-corrected chi connectivity index (χ3v) is 9.36. The first-order valence-corrected chi connectivity index (χ1v) is 15.4. The van der Waals surface area contributed by atoms with Gasteiger partial charge in [0.15, 0.2) is 11.3 Å². The van der Waals surface area contributed by atoms with Crippen molar-refractivity contribution >= 4 is 17.5 Å². The van der Waals surface area contributed by atoms with Crippen LogP contribution in [0.5, 0.6) is 0 Å². The number of hydrogen-bond donors (Lipinski definition) is 2. The number of alkyl halides is 5. The van der Waals surface area contributed by atoms with E-state index < -0.39 is 47.8 Å². The fourth-order valence-electron chi connectivity index (χ4n) is 6.75. The maximum absolute atomic E-state index is 14.1. The van der Waals surface area contributed by atoms with Gasteiger partial charge in [0.1, 0.15) is 23.9 Å². The minimum atomic E-state index is -4.64. The van der Waals surface area contributed by atoms with E-state index in [1.54, 1.807) is 19.2 Å². The summed E-state index contributed by atoms with van der Waals surface area (Å²) in [6, 6.07) is -1.19. The molecular formula is C29H31F5N10O3. The van der Waals surface area contributed by atoms with Gasteiger partial charge in [-0.3, -0.25) is 14.3 Å². The van der Waals surface area contributed by atoms with Crippen LogP contribution in [0.25, 0.3) is 5.65 Å². The van der Waals surface area contributed by atoms with E-state index in [4.69, 9.17) is 4.63 Å². The topological polar surface area (TPSA) is 158 Å². The molecular weight excluding hydrogens is 631 g/mol. The molecule has 4 aromatic heterocycles. The predicted octanol–water partition coefficient (Wildman–Crippen LogP) is 3.87. The van der Waals surface area contributed by atoms with Crippen molar-refractivity contribution in [3.8, 4) is 0 Å². The Morgan fingerprint density at radius 3 is 2.62 bits per heavy atom. The number of imidazole rings is 1. The molecule has 2 amide bonds. The van der Waals surface area contributed by atoms with Crippen LogP contribution in [-0.2, 0) is 17.8 Å². The van der Waals surface area contributed by atoms with Gasteiger partial charge in [-0.15, -0.1) is 0 Å². The summed E-state index contributed by atoms with van der Waals surface area (Å²) in [5.41, 5.74) is 0.109. The molecule has 3 atom stereocenters. The highest BCUT2D eigenvalue weighted by Crippen LogP contribution is 2.44. The van der Waals surface area contributed by atoms with Crippen molar-refractivity contribution in [1.29, 1.82) is 0 Å². The second-order valence-corrected chi connectivity index (χ2v) is 13.0. The van der Waals surface area contributed by atoms with Crippen LogP contribution in [0.1, 0.15) is 90.2 Å². The summed E-state index contributed by atoms with van der Waals surface area (Å²) in [5.74, 6) is -4.00. The molecule has 1 aliphatic heterocycles. The lowest BCUT2D eigenvalue weighted by molar-refractivity contribution is -0.155. The molecule has 7 rings (SSSR count). The summed E-state index contributed by atoms with van der Waals surface area (Å²) in [7, 11) is 0. The van der Waals surface area contributed by atoms with Gasteiger partial charge < -0.3 is 10.6 Å². The molecule has 3 fully saturated rings. The monoisotopic (exact) mass is 662 g/mol. The molecule has 0 unspecified atom stereocenters. The Morgan fingerprint density at radius 2 is 1.96 bits per heavy atom. The highest BCUT2D eigenvalue weighted by atomic mass is 19.4. The fraction of sp³-hybridized carbons (Fsp3) is 0.586. The first-order chi connectivity index (χ1) is 22.3. The van der Waals surface area contributed by atoms with Crippen LogP contribution in [0.15, 0.2) is 29.4 Å². The molecule has 1 saturated heterocycles. The number of nitrogens with one attached hydrogen (secondary N) is 2. The lowest BCUT2D eigenvalue weighted by Crippen LogP contribution is -2.40. The largest absolute Gasteiger partial charge is 0.408 e. The highest BCUT2D eigenvalue weighted by Gasteiger charge is 2.56. The maximum Gasteiger partial charge on any atom is 0.408 e. The van der Waals surface area contributed by atoms with Crippen molar-refractivity contribution in [3.63, 3.8) is 0 Å². The van der Waals surface area contributed by atoms with Gasteiger partial charge in [-0.2, -0.15) is 23.4 Å². The quantitative estimate of drug-likeness (QED) is 0.254. The Bertz CT molecular complexity index is 1800. The van der Waals surface area contributed by atoms with E-state index in [9.17, 15) is 31.5 Å². The molecule has 13 nitrogen and oxygen atoms in total. The molecule has 0 aromatic carbocycles. The van der Waals surface area contributed by atoms with Gasteiger partial charge in [-0.25, -0.2) is 27.9 Å². The van der Waals surface area contributed by atoms with Gasteiger partial charge in [0.2, 0.25) is 11.8 Å². The van der Waals surface area contributed by atoms with Crippen molar-refractivity contribution < 1.29 is 36.2 Å².